The summed E-state index contributed by atoms with van der Waals surface area (Å²) in [5.41, 5.74) is 12.9. The van der Waals surface area contributed by atoms with Crippen LogP contribution >= 0.6 is 0 Å². The van der Waals surface area contributed by atoms with Crippen LogP contribution in [0.15, 0.2) is 48.9 Å². The Kier molecular flexibility index (Phi) is 5.53. The smallest absolute Gasteiger partial charge is 0.254 e. The number of carbonyl (C=O) groups excluding carboxylic acids is 1. The highest BCUT2D eigenvalue weighted by Gasteiger charge is 2.13. The van der Waals surface area contributed by atoms with Gasteiger partial charge in [-0.05, 0) is 25.1 Å². The number of benzene rings is 1. The molecule has 0 radical (unpaired) electrons. The van der Waals surface area contributed by atoms with E-state index in [0.717, 1.165) is 5.56 Å². The first-order valence-corrected chi connectivity index (χ1v) is 8.33. The average Bonchev–Trinajstić information content (AvgIpc) is 2.67. The molecule has 0 spiro atoms. The van der Waals surface area contributed by atoms with Crippen LogP contribution in [0.3, 0.4) is 0 Å². The van der Waals surface area contributed by atoms with Crippen LogP contribution in [0.2, 0.25) is 0 Å². The molecule has 2 heterocycles. The lowest BCUT2D eigenvalue weighted by Crippen LogP contribution is -2.26. The van der Waals surface area contributed by atoms with Crippen molar-refractivity contribution in [1.29, 1.82) is 0 Å². The molecule has 0 aliphatic rings. The zero-order valence-electron chi connectivity index (χ0n) is 14.8. The highest BCUT2D eigenvalue weighted by molar-refractivity contribution is 5.98. The number of nitrogens with zero attached hydrogens (tertiary/aromatic N) is 4. The van der Waals surface area contributed by atoms with Crippen LogP contribution in [0.5, 0.6) is 0 Å². The third-order valence-electron chi connectivity index (χ3n) is 3.59. The molecule has 6 N–H and O–H groups in total. The van der Waals surface area contributed by atoms with Gasteiger partial charge in [-0.15, -0.1) is 0 Å². The summed E-state index contributed by atoms with van der Waals surface area (Å²) in [6.07, 6.45) is 4.73. The van der Waals surface area contributed by atoms with E-state index in [-0.39, 0.29) is 11.6 Å². The van der Waals surface area contributed by atoms with Crippen LogP contribution in [-0.2, 0) is 0 Å². The molecule has 0 bridgehead atoms. The Morgan fingerprint density at radius 1 is 1.19 bits per heavy atom. The fourth-order valence-corrected chi connectivity index (χ4v) is 2.32. The van der Waals surface area contributed by atoms with Crippen molar-refractivity contribution in [2.45, 2.75) is 13.0 Å². The number of nitrogens with one attached hydrogen (secondary N) is 2. The van der Waals surface area contributed by atoms with Crippen molar-refractivity contribution in [3.05, 3.63) is 54.5 Å². The minimum atomic E-state index is -0.626. The number of hydrogen-bond donors (Lipinski definition) is 4. The predicted octanol–water partition coefficient (Wildman–Crippen LogP) is 1.54. The zero-order chi connectivity index (χ0) is 19.2. The largest absolute Gasteiger partial charge is 0.365 e. The number of hydrogen-bond acceptors (Lipinski definition) is 8. The van der Waals surface area contributed by atoms with Gasteiger partial charge in [-0.2, -0.15) is 4.98 Å². The van der Waals surface area contributed by atoms with Crippen LogP contribution in [-0.4, -0.2) is 38.4 Å². The van der Waals surface area contributed by atoms with Gasteiger partial charge in [0.25, 0.3) is 5.91 Å². The molecule has 1 amide bonds. The monoisotopic (exact) mass is 364 g/mol. The normalized spacial score (nSPS) is 11.6. The van der Waals surface area contributed by atoms with Gasteiger partial charge in [-0.1, -0.05) is 12.1 Å². The molecule has 0 saturated carbocycles. The second-order valence-corrected chi connectivity index (χ2v) is 5.96. The van der Waals surface area contributed by atoms with E-state index in [1.807, 2.05) is 31.2 Å². The Morgan fingerprint density at radius 2 is 1.96 bits per heavy atom. The number of rotatable bonds is 7. The lowest BCUT2D eigenvalue weighted by atomic mass is 10.2. The first-order valence-electron chi connectivity index (χ1n) is 8.33. The molecule has 27 heavy (non-hydrogen) atoms. The van der Waals surface area contributed by atoms with E-state index < -0.39 is 5.91 Å². The number of nitrogens with two attached hydrogens (primary N) is 2. The molecule has 2 aromatic heterocycles. The highest BCUT2D eigenvalue weighted by atomic mass is 16.1. The summed E-state index contributed by atoms with van der Waals surface area (Å²) in [6, 6.07) is 9.14. The second kappa shape index (κ2) is 8.19. The van der Waals surface area contributed by atoms with Gasteiger partial charge in [0.2, 0.25) is 5.95 Å². The topological polar surface area (TPSA) is 145 Å². The van der Waals surface area contributed by atoms with Gasteiger partial charge in [0.05, 0.1) is 0 Å². The number of anilines is 3. The SMILES string of the molecule is CC(N)CNc1ncc(C(N)=O)c(Nc2cccc(-c3ncccn3)c2)n1. The fourth-order valence-electron chi connectivity index (χ4n) is 2.32. The Balaban J connectivity index is 1.89. The molecular formula is C18H20N8O. The molecule has 0 aliphatic heterocycles. The molecular weight excluding hydrogens is 344 g/mol. The lowest BCUT2D eigenvalue weighted by Gasteiger charge is -2.13. The third-order valence-corrected chi connectivity index (χ3v) is 3.59. The van der Waals surface area contributed by atoms with Crippen LogP contribution in [0.1, 0.15) is 17.3 Å². The van der Waals surface area contributed by atoms with Crippen LogP contribution in [0.25, 0.3) is 11.4 Å². The summed E-state index contributed by atoms with van der Waals surface area (Å²) in [5.74, 6) is 0.621. The molecule has 3 aromatic rings. The van der Waals surface area contributed by atoms with Gasteiger partial charge in [0, 0.05) is 42.4 Å². The van der Waals surface area contributed by atoms with Gasteiger partial charge in [-0.3, -0.25) is 4.79 Å². The molecule has 3 rings (SSSR count). The summed E-state index contributed by atoms with van der Waals surface area (Å²) < 4.78 is 0. The Bertz CT molecular complexity index is 930. The van der Waals surface area contributed by atoms with Crippen LogP contribution in [0, 0.1) is 0 Å². The van der Waals surface area contributed by atoms with Crippen molar-refractivity contribution in [3.63, 3.8) is 0 Å². The predicted molar refractivity (Wildman–Crippen MR) is 103 cm³/mol. The summed E-state index contributed by atoms with van der Waals surface area (Å²) in [6.45, 7) is 2.36. The molecule has 0 saturated heterocycles. The fraction of sp³-hybridized carbons (Fsp3) is 0.167. The van der Waals surface area contributed by atoms with E-state index in [1.54, 1.807) is 18.5 Å². The van der Waals surface area contributed by atoms with E-state index >= 15 is 0 Å². The lowest BCUT2D eigenvalue weighted by molar-refractivity contribution is 0.100. The van der Waals surface area contributed by atoms with Crippen LogP contribution in [0.4, 0.5) is 17.5 Å². The number of primary amides is 1. The number of amides is 1. The van der Waals surface area contributed by atoms with Crippen molar-refractivity contribution < 1.29 is 4.79 Å². The quantitative estimate of drug-likeness (QED) is 0.494. The van der Waals surface area contributed by atoms with Crippen molar-refractivity contribution in [2.24, 2.45) is 11.5 Å². The standard InChI is InChI=1S/C18H20N8O/c1-11(19)9-23-18-24-10-14(15(20)27)17(26-18)25-13-5-2-4-12(8-13)16-21-6-3-7-22-16/h2-8,10-11H,9,19H2,1H3,(H2,20,27)(H2,23,24,25,26). The molecule has 9 heteroatoms. The first kappa shape index (κ1) is 18.2. The van der Waals surface area contributed by atoms with Gasteiger partial charge >= 0.3 is 0 Å². The molecule has 1 aromatic carbocycles. The van der Waals surface area contributed by atoms with Crippen molar-refractivity contribution in [3.8, 4) is 11.4 Å². The maximum Gasteiger partial charge on any atom is 0.254 e. The first-order chi connectivity index (χ1) is 13.0. The van der Waals surface area contributed by atoms with E-state index in [9.17, 15) is 4.79 Å². The van der Waals surface area contributed by atoms with Gasteiger partial charge in [-0.25, -0.2) is 15.0 Å². The number of carbonyl (C=O) groups is 1. The Labute approximate surface area is 156 Å². The average molecular weight is 364 g/mol. The van der Waals surface area contributed by atoms with Gasteiger partial charge < -0.3 is 22.1 Å². The second-order valence-electron chi connectivity index (χ2n) is 5.96. The molecule has 0 aliphatic carbocycles. The third kappa shape index (κ3) is 4.73. The minimum absolute atomic E-state index is 0.0663. The Morgan fingerprint density at radius 3 is 2.67 bits per heavy atom. The molecule has 1 unspecified atom stereocenters. The Hall–Kier alpha value is -3.59. The minimum Gasteiger partial charge on any atom is -0.365 e. The molecule has 0 fully saturated rings. The molecule has 138 valence electrons. The van der Waals surface area contributed by atoms with Gasteiger partial charge in [0.1, 0.15) is 11.4 Å². The highest BCUT2D eigenvalue weighted by Crippen LogP contribution is 2.23. The van der Waals surface area contributed by atoms with E-state index in [0.29, 0.717) is 29.8 Å². The summed E-state index contributed by atoms with van der Waals surface area (Å²) >= 11 is 0. The van der Waals surface area contributed by atoms with E-state index in [1.165, 1.54) is 6.20 Å². The maximum atomic E-state index is 11.7. The summed E-state index contributed by atoms with van der Waals surface area (Å²) in [7, 11) is 0. The summed E-state index contributed by atoms with van der Waals surface area (Å²) in [5, 5.41) is 6.13. The summed E-state index contributed by atoms with van der Waals surface area (Å²) in [4.78, 5) is 28.6. The van der Waals surface area contributed by atoms with E-state index in [4.69, 9.17) is 11.5 Å². The van der Waals surface area contributed by atoms with E-state index in [2.05, 4.69) is 30.6 Å². The molecule has 1 atom stereocenters. The van der Waals surface area contributed by atoms with Crippen molar-refractivity contribution in [2.75, 3.05) is 17.2 Å². The zero-order valence-corrected chi connectivity index (χ0v) is 14.8. The van der Waals surface area contributed by atoms with Gasteiger partial charge in [0.15, 0.2) is 5.82 Å². The van der Waals surface area contributed by atoms with Crippen molar-refractivity contribution in [1.82, 2.24) is 19.9 Å². The van der Waals surface area contributed by atoms with Crippen LogP contribution < -0.4 is 22.1 Å². The number of aromatic nitrogens is 4. The molecule has 9 nitrogen and oxygen atoms in total. The maximum absolute atomic E-state index is 11.7. The van der Waals surface area contributed by atoms with Crippen molar-refractivity contribution >= 4 is 23.4 Å².